The van der Waals surface area contributed by atoms with Crippen LogP contribution in [0.15, 0.2) is 48.7 Å². The molecule has 2 aromatic heterocycles. The predicted octanol–water partition coefficient (Wildman–Crippen LogP) is 3.02. The predicted molar refractivity (Wildman–Crippen MR) is 94.9 cm³/mol. The second-order valence-electron chi connectivity index (χ2n) is 4.84. The molecule has 0 bridgehead atoms. The standard InChI is InChI=1S/C17H16N4O3S/c1-2-23-13-8-3-4-9-14(13)24-11-15(22)19-17-21-20-16(25-17)12-7-5-6-10-18-12/h3-10H,2,11H2,1H3,(H,19,21,22). The van der Waals surface area contributed by atoms with Crippen LogP contribution in [0.3, 0.4) is 0 Å². The van der Waals surface area contributed by atoms with Crippen molar-refractivity contribution in [2.75, 3.05) is 18.5 Å². The Morgan fingerprint density at radius 2 is 1.84 bits per heavy atom. The molecule has 1 amide bonds. The summed E-state index contributed by atoms with van der Waals surface area (Å²) >= 11 is 1.25. The van der Waals surface area contributed by atoms with Gasteiger partial charge in [0.05, 0.1) is 6.61 Å². The molecule has 7 nitrogen and oxygen atoms in total. The first-order chi connectivity index (χ1) is 12.3. The van der Waals surface area contributed by atoms with Gasteiger partial charge >= 0.3 is 0 Å². The molecule has 1 N–H and O–H groups in total. The number of aromatic nitrogens is 3. The molecule has 0 atom stereocenters. The van der Waals surface area contributed by atoms with Gasteiger partial charge < -0.3 is 9.47 Å². The van der Waals surface area contributed by atoms with Gasteiger partial charge in [-0.15, -0.1) is 10.2 Å². The molecule has 3 aromatic rings. The van der Waals surface area contributed by atoms with Gasteiger partial charge in [-0.05, 0) is 31.2 Å². The van der Waals surface area contributed by atoms with Gasteiger partial charge in [0.1, 0.15) is 5.69 Å². The van der Waals surface area contributed by atoms with Gasteiger partial charge in [0.25, 0.3) is 5.91 Å². The number of amides is 1. The molecule has 2 heterocycles. The van der Waals surface area contributed by atoms with Gasteiger partial charge in [-0.1, -0.05) is 29.5 Å². The van der Waals surface area contributed by atoms with Crippen molar-refractivity contribution >= 4 is 22.4 Å². The second kappa shape index (κ2) is 8.20. The fourth-order valence-electron chi connectivity index (χ4n) is 2.01. The fraction of sp³-hybridized carbons (Fsp3) is 0.176. The average molecular weight is 356 g/mol. The lowest BCUT2D eigenvalue weighted by molar-refractivity contribution is -0.118. The van der Waals surface area contributed by atoms with Crippen molar-refractivity contribution in [1.82, 2.24) is 15.2 Å². The molecule has 25 heavy (non-hydrogen) atoms. The number of anilines is 1. The second-order valence-corrected chi connectivity index (χ2v) is 5.82. The molecule has 0 aliphatic carbocycles. The molecule has 0 saturated carbocycles. The van der Waals surface area contributed by atoms with Gasteiger partial charge in [0, 0.05) is 6.20 Å². The number of ether oxygens (including phenoxy) is 2. The number of nitrogens with one attached hydrogen (secondary N) is 1. The third-order valence-corrected chi connectivity index (χ3v) is 3.92. The van der Waals surface area contributed by atoms with E-state index in [9.17, 15) is 4.79 Å². The van der Waals surface area contributed by atoms with E-state index < -0.39 is 0 Å². The quantitative estimate of drug-likeness (QED) is 0.700. The molecule has 8 heteroatoms. The Bertz CT molecular complexity index is 839. The number of para-hydroxylation sites is 2. The zero-order valence-corrected chi connectivity index (χ0v) is 14.3. The Morgan fingerprint density at radius 1 is 1.08 bits per heavy atom. The fourth-order valence-corrected chi connectivity index (χ4v) is 2.75. The van der Waals surface area contributed by atoms with Crippen LogP contribution in [0.4, 0.5) is 5.13 Å². The molecule has 128 valence electrons. The SMILES string of the molecule is CCOc1ccccc1OCC(=O)Nc1nnc(-c2ccccn2)s1. The highest BCUT2D eigenvalue weighted by Gasteiger charge is 2.12. The molecule has 0 aliphatic rings. The molecule has 0 radical (unpaired) electrons. The maximum atomic E-state index is 12.0. The number of carbonyl (C=O) groups excluding carboxylic acids is 1. The topological polar surface area (TPSA) is 86.2 Å². The molecule has 0 unspecified atom stereocenters. The molecule has 0 spiro atoms. The minimum atomic E-state index is -0.324. The smallest absolute Gasteiger partial charge is 0.264 e. The van der Waals surface area contributed by atoms with E-state index in [2.05, 4.69) is 20.5 Å². The Labute approximate surface area is 148 Å². The summed E-state index contributed by atoms with van der Waals surface area (Å²) in [7, 11) is 0. The third kappa shape index (κ3) is 4.51. The zero-order valence-electron chi connectivity index (χ0n) is 13.5. The lowest BCUT2D eigenvalue weighted by atomic mass is 10.3. The number of hydrogen-bond donors (Lipinski definition) is 1. The highest BCUT2D eigenvalue weighted by atomic mass is 32.1. The first kappa shape index (κ1) is 16.8. The first-order valence-electron chi connectivity index (χ1n) is 7.65. The van der Waals surface area contributed by atoms with Crippen molar-refractivity contribution in [2.24, 2.45) is 0 Å². The summed E-state index contributed by atoms with van der Waals surface area (Å²) in [5, 5.41) is 11.7. The van der Waals surface area contributed by atoms with E-state index in [1.54, 1.807) is 18.3 Å². The van der Waals surface area contributed by atoms with E-state index in [0.29, 0.717) is 33.9 Å². The van der Waals surface area contributed by atoms with E-state index in [1.165, 1.54) is 11.3 Å². The van der Waals surface area contributed by atoms with E-state index in [-0.39, 0.29) is 12.5 Å². The minimum absolute atomic E-state index is 0.150. The van der Waals surface area contributed by atoms with Crippen molar-refractivity contribution in [2.45, 2.75) is 6.92 Å². The van der Waals surface area contributed by atoms with Crippen molar-refractivity contribution in [3.8, 4) is 22.2 Å². The maximum absolute atomic E-state index is 12.0. The van der Waals surface area contributed by atoms with Crippen molar-refractivity contribution < 1.29 is 14.3 Å². The summed E-state index contributed by atoms with van der Waals surface area (Å²) in [6, 6.07) is 12.7. The number of hydrogen-bond acceptors (Lipinski definition) is 7. The summed E-state index contributed by atoms with van der Waals surface area (Å²) in [6.45, 7) is 2.26. The van der Waals surface area contributed by atoms with Crippen LogP contribution in [0.5, 0.6) is 11.5 Å². The monoisotopic (exact) mass is 356 g/mol. The Morgan fingerprint density at radius 3 is 2.56 bits per heavy atom. The number of carbonyl (C=O) groups is 1. The van der Waals surface area contributed by atoms with E-state index in [0.717, 1.165) is 0 Å². The van der Waals surface area contributed by atoms with Gasteiger partial charge in [-0.3, -0.25) is 15.1 Å². The number of pyridine rings is 1. The van der Waals surface area contributed by atoms with Crippen LogP contribution in [0.2, 0.25) is 0 Å². The van der Waals surface area contributed by atoms with Gasteiger partial charge in [-0.25, -0.2) is 0 Å². The van der Waals surface area contributed by atoms with E-state index in [4.69, 9.17) is 9.47 Å². The van der Waals surface area contributed by atoms with Crippen molar-refractivity contribution in [1.29, 1.82) is 0 Å². The molecule has 0 aliphatic heterocycles. The van der Waals surface area contributed by atoms with E-state index in [1.807, 2.05) is 37.3 Å². The average Bonchev–Trinajstić information content (AvgIpc) is 3.10. The number of nitrogens with zero attached hydrogens (tertiary/aromatic N) is 3. The summed E-state index contributed by atoms with van der Waals surface area (Å²) < 4.78 is 11.0. The molecule has 1 aromatic carbocycles. The summed E-state index contributed by atoms with van der Waals surface area (Å²) in [4.78, 5) is 16.2. The molecular formula is C17H16N4O3S. The van der Waals surface area contributed by atoms with Crippen molar-refractivity contribution in [3.63, 3.8) is 0 Å². The van der Waals surface area contributed by atoms with Gasteiger partial charge in [0.2, 0.25) is 5.13 Å². The number of benzene rings is 1. The molecular weight excluding hydrogens is 340 g/mol. The lowest BCUT2D eigenvalue weighted by Gasteiger charge is -2.10. The normalized spacial score (nSPS) is 10.3. The number of rotatable bonds is 7. The molecule has 3 rings (SSSR count). The maximum Gasteiger partial charge on any atom is 0.264 e. The zero-order chi connectivity index (χ0) is 17.5. The van der Waals surface area contributed by atoms with Crippen LogP contribution >= 0.6 is 11.3 Å². The van der Waals surface area contributed by atoms with Crippen LogP contribution in [0.25, 0.3) is 10.7 Å². The Balaban J connectivity index is 1.58. The first-order valence-corrected chi connectivity index (χ1v) is 8.47. The Kier molecular flexibility index (Phi) is 5.53. The van der Waals surface area contributed by atoms with Crippen LogP contribution in [0.1, 0.15) is 6.92 Å². The summed E-state index contributed by atoms with van der Waals surface area (Å²) in [5.41, 5.74) is 0.711. The van der Waals surface area contributed by atoms with E-state index >= 15 is 0 Å². The highest BCUT2D eigenvalue weighted by Crippen LogP contribution is 2.27. The minimum Gasteiger partial charge on any atom is -0.490 e. The largest absolute Gasteiger partial charge is 0.490 e. The van der Waals surface area contributed by atoms with Gasteiger partial charge in [-0.2, -0.15) is 0 Å². The van der Waals surface area contributed by atoms with Gasteiger partial charge in [0.15, 0.2) is 23.1 Å². The third-order valence-electron chi connectivity index (χ3n) is 3.06. The van der Waals surface area contributed by atoms with Crippen LogP contribution < -0.4 is 14.8 Å². The van der Waals surface area contributed by atoms with Crippen LogP contribution in [-0.4, -0.2) is 34.3 Å². The summed E-state index contributed by atoms with van der Waals surface area (Å²) in [6.07, 6.45) is 1.68. The molecule has 0 fully saturated rings. The van der Waals surface area contributed by atoms with Crippen LogP contribution in [-0.2, 0) is 4.79 Å². The molecule has 0 saturated heterocycles. The lowest BCUT2D eigenvalue weighted by Crippen LogP contribution is -2.20. The van der Waals surface area contributed by atoms with Crippen LogP contribution in [0, 0.1) is 0 Å². The van der Waals surface area contributed by atoms with Crippen molar-refractivity contribution in [3.05, 3.63) is 48.7 Å². The summed E-state index contributed by atoms with van der Waals surface area (Å²) in [5.74, 6) is 0.798. The highest BCUT2D eigenvalue weighted by molar-refractivity contribution is 7.18. The Hall–Kier alpha value is -3.00.